The maximum absolute atomic E-state index is 5.78. The maximum Gasteiger partial charge on any atom is 0.119 e. The van der Waals surface area contributed by atoms with Gasteiger partial charge in [0.1, 0.15) is 12.4 Å². The van der Waals surface area contributed by atoms with Crippen LogP contribution in [0.5, 0.6) is 5.75 Å². The molecule has 2 aromatic rings. The summed E-state index contributed by atoms with van der Waals surface area (Å²) in [5.74, 6) is 0.893. The van der Waals surface area contributed by atoms with Crippen LogP contribution in [0.25, 0.3) is 5.57 Å². The Kier molecular flexibility index (Phi) is 4.01. The number of para-hydroxylation sites is 1. The summed E-state index contributed by atoms with van der Waals surface area (Å²) in [5.41, 5.74) is 3.41. The lowest BCUT2D eigenvalue weighted by Gasteiger charge is -2.05. The van der Waals surface area contributed by atoms with Gasteiger partial charge in [-0.3, -0.25) is 4.68 Å². The average molecular weight is 278 g/mol. The van der Waals surface area contributed by atoms with E-state index in [0.717, 1.165) is 23.4 Å². The van der Waals surface area contributed by atoms with Gasteiger partial charge in [0.25, 0.3) is 0 Å². The fourth-order valence-corrected chi connectivity index (χ4v) is 2.22. The molecule has 0 aliphatic heterocycles. The van der Waals surface area contributed by atoms with Crippen LogP contribution in [0, 0.1) is 0 Å². The Hall–Kier alpha value is -2.55. The SMILES string of the molecule is Cn1ccc(C2=CC=C(COc3ccccc3)C=CC2)n1. The maximum atomic E-state index is 5.78. The third-order valence-corrected chi connectivity index (χ3v) is 3.36. The van der Waals surface area contributed by atoms with E-state index in [-0.39, 0.29) is 0 Å². The number of rotatable bonds is 4. The van der Waals surface area contributed by atoms with Crippen molar-refractivity contribution in [3.8, 4) is 5.75 Å². The van der Waals surface area contributed by atoms with Gasteiger partial charge in [0, 0.05) is 13.2 Å². The average Bonchev–Trinajstić information content (AvgIpc) is 2.81. The van der Waals surface area contributed by atoms with E-state index in [0.29, 0.717) is 6.61 Å². The standard InChI is InChI=1S/C18H18N2O/c1-20-13-12-18(19-20)16-7-5-6-15(10-11-16)14-21-17-8-3-2-4-9-17/h2-6,8-13H,7,14H2,1H3. The van der Waals surface area contributed by atoms with Crippen LogP contribution in [0.3, 0.4) is 0 Å². The van der Waals surface area contributed by atoms with Gasteiger partial charge >= 0.3 is 0 Å². The second kappa shape index (κ2) is 6.27. The van der Waals surface area contributed by atoms with Crippen molar-refractivity contribution in [3.63, 3.8) is 0 Å². The van der Waals surface area contributed by atoms with Crippen LogP contribution in [0.1, 0.15) is 12.1 Å². The number of aromatic nitrogens is 2. The van der Waals surface area contributed by atoms with Crippen LogP contribution in [0.2, 0.25) is 0 Å². The Balaban J connectivity index is 1.69. The lowest BCUT2D eigenvalue weighted by atomic mass is 10.1. The van der Waals surface area contributed by atoms with Gasteiger partial charge in [-0.15, -0.1) is 0 Å². The van der Waals surface area contributed by atoms with Crippen molar-refractivity contribution in [1.29, 1.82) is 0 Å². The molecule has 106 valence electrons. The molecule has 1 aromatic carbocycles. The van der Waals surface area contributed by atoms with Crippen molar-refractivity contribution in [2.75, 3.05) is 6.61 Å². The minimum Gasteiger partial charge on any atom is -0.489 e. The lowest BCUT2D eigenvalue weighted by molar-refractivity contribution is 0.355. The monoisotopic (exact) mass is 278 g/mol. The molecule has 1 aliphatic carbocycles. The molecule has 0 N–H and O–H groups in total. The van der Waals surface area contributed by atoms with Gasteiger partial charge in [-0.1, -0.05) is 42.5 Å². The van der Waals surface area contributed by atoms with Crippen molar-refractivity contribution in [1.82, 2.24) is 9.78 Å². The Morgan fingerprint density at radius 1 is 1.14 bits per heavy atom. The molecule has 1 heterocycles. The van der Waals surface area contributed by atoms with Crippen LogP contribution in [-0.2, 0) is 7.05 Å². The van der Waals surface area contributed by atoms with E-state index in [1.165, 1.54) is 5.57 Å². The molecule has 0 unspecified atom stereocenters. The third kappa shape index (κ3) is 3.51. The molecule has 1 aromatic heterocycles. The second-order valence-corrected chi connectivity index (χ2v) is 5.02. The molecule has 0 amide bonds. The van der Waals surface area contributed by atoms with Gasteiger partial charge in [0.15, 0.2) is 0 Å². The smallest absolute Gasteiger partial charge is 0.119 e. The molecule has 0 saturated carbocycles. The largest absolute Gasteiger partial charge is 0.489 e. The normalized spacial score (nSPS) is 14.3. The molecule has 3 heteroatoms. The Labute approximate surface area is 124 Å². The van der Waals surface area contributed by atoms with E-state index < -0.39 is 0 Å². The first kappa shape index (κ1) is 13.4. The van der Waals surface area contributed by atoms with Crippen LogP contribution in [0.4, 0.5) is 0 Å². The highest BCUT2D eigenvalue weighted by Crippen LogP contribution is 2.21. The number of ether oxygens (including phenoxy) is 1. The molecule has 0 radical (unpaired) electrons. The van der Waals surface area contributed by atoms with Gasteiger partial charge in [0.2, 0.25) is 0 Å². The summed E-state index contributed by atoms with van der Waals surface area (Å²) in [4.78, 5) is 0. The molecule has 21 heavy (non-hydrogen) atoms. The first-order valence-corrected chi connectivity index (χ1v) is 7.05. The Morgan fingerprint density at radius 2 is 2.00 bits per heavy atom. The second-order valence-electron chi connectivity index (χ2n) is 5.02. The van der Waals surface area contributed by atoms with Gasteiger partial charge in [0.05, 0.1) is 5.69 Å². The van der Waals surface area contributed by atoms with Crippen molar-refractivity contribution in [2.24, 2.45) is 7.05 Å². The van der Waals surface area contributed by atoms with E-state index in [1.807, 2.05) is 54.3 Å². The zero-order chi connectivity index (χ0) is 14.5. The first-order chi connectivity index (χ1) is 10.3. The van der Waals surface area contributed by atoms with E-state index in [9.17, 15) is 0 Å². The Bertz CT molecular complexity index is 693. The molecule has 0 fully saturated rings. The molecule has 0 bridgehead atoms. The lowest BCUT2D eigenvalue weighted by Crippen LogP contribution is -1.98. The van der Waals surface area contributed by atoms with Gasteiger partial charge in [-0.05, 0) is 35.8 Å². The fourth-order valence-electron chi connectivity index (χ4n) is 2.22. The van der Waals surface area contributed by atoms with E-state index in [4.69, 9.17) is 4.74 Å². The highest BCUT2D eigenvalue weighted by atomic mass is 16.5. The summed E-state index contributed by atoms with van der Waals surface area (Å²) in [5, 5.41) is 4.45. The van der Waals surface area contributed by atoms with Crippen LogP contribution < -0.4 is 4.74 Å². The van der Waals surface area contributed by atoms with Crippen LogP contribution >= 0.6 is 0 Å². The van der Waals surface area contributed by atoms with Gasteiger partial charge in [-0.2, -0.15) is 5.10 Å². The van der Waals surface area contributed by atoms with Gasteiger partial charge < -0.3 is 4.74 Å². The quantitative estimate of drug-likeness (QED) is 0.851. The molecule has 0 saturated heterocycles. The Morgan fingerprint density at radius 3 is 2.76 bits per heavy atom. The summed E-state index contributed by atoms with van der Waals surface area (Å²) < 4.78 is 7.60. The summed E-state index contributed by atoms with van der Waals surface area (Å²) in [6, 6.07) is 11.9. The van der Waals surface area contributed by atoms with Crippen molar-refractivity contribution in [2.45, 2.75) is 6.42 Å². The van der Waals surface area contributed by atoms with Gasteiger partial charge in [-0.25, -0.2) is 0 Å². The van der Waals surface area contributed by atoms with Crippen LogP contribution in [0.15, 0.2) is 72.5 Å². The topological polar surface area (TPSA) is 27.1 Å². The van der Waals surface area contributed by atoms with E-state index >= 15 is 0 Å². The summed E-state index contributed by atoms with van der Waals surface area (Å²) >= 11 is 0. The zero-order valence-corrected chi connectivity index (χ0v) is 12.1. The van der Waals surface area contributed by atoms with E-state index in [2.05, 4.69) is 29.4 Å². The van der Waals surface area contributed by atoms with Crippen LogP contribution in [-0.4, -0.2) is 16.4 Å². The molecule has 3 rings (SSSR count). The molecule has 0 atom stereocenters. The number of aryl methyl sites for hydroxylation is 1. The molecular weight excluding hydrogens is 260 g/mol. The van der Waals surface area contributed by atoms with Crippen molar-refractivity contribution >= 4 is 5.57 Å². The van der Waals surface area contributed by atoms with E-state index in [1.54, 1.807) is 0 Å². The highest BCUT2D eigenvalue weighted by Gasteiger charge is 2.05. The summed E-state index contributed by atoms with van der Waals surface area (Å²) in [7, 11) is 1.94. The predicted octanol–water partition coefficient (Wildman–Crippen LogP) is 3.77. The van der Waals surface area contributed by atoms with Crippen molar-refractivity contribution in [3.05, 3.63) is 78.2 Å². The number of benzene rings is 1. The predicted molar refractivity (Wildman–Crippen MR) is 85.0 cm³/mol. The molecule has 1 aliphatic rings. The number of hydrogen-bond donors (Lipinski definition) is 0. The number of nitrogens with zero attached hydrogens (tertiary/aromatic N) is 2. The minimum absolute atomic E-state index is 0.576. The molecule has 3 nitrogen and oxygen atoms in total. The summed E-state index contributed by atoms with van der Waals surface area (Å²) in [6.07, 6.45) is 11.4. The number of hydrogen-bond acceptors (Lipinski definition) is 2. The van der Waals surface area contributed by atoms with Crippen molar-refractivity contribution < 1.29 is 4.74 Å². The minimum atomic E-state index is 0.576. The summed E-state index contributed by atoms with van der Waals surface area (Å²) in [6.45, 7) is 0.576. The molecular formula is C18H18N2O. The highest BCUT2D eigenvalue weighted by molar-refractivity contribution is 5.66. The molecule has 0 spiro atoms. The fraction of sp³-hybridized carbons (Fsp3) is 0.167. The zero-order valence-electron chi connectivity index (χ0n) is 12.1. The first-order valence-electron chi connectivity index (χ1n) is 7.05. The third-order valence-electron chi connectivity index (χ3n) is 3.36. The number of allylic oxidation sites excluding steroid dienone is 4.